The molecule has 0 saturated heterocycles. The summed E-state index contributed by atoms with van der Waals surface area (Å²) in [4.78, 5) is 33.4. The summed E-state index contributed by atoms with van der Waals surface area (Å²) in [5, 5.41) is 14.0. The van der Waals surface area contributed by atoms with E-state index in [0.29, 0.717) is 17.6 Å². The highest BCUT2D eigenvalue weighted by atomic mass is 16.6. The van der Waals surface area contributed by atoms with Gasteiger partial charge >= 0.3 is 6.09 Å². The molecule has 1 unspecified atom stereocenters. The summed E-state index contributed by atoms with van der Waals surface area (Å²) in [6.07, 6.45) is 9.39. The number of pyridine rings is 1. The molecule has 1 aromatic heterocycles. The van der Waals surface area contributed by atoms with Gasteiger partial charge < -0.3 is 15.2 Å². The average molecular weight is 563 g/mol. The molecular formula is C34H48N3O4. The van der Waals surface area contributed by atoms with Crippen LogP contribution < -0.4 is 5.32 Å². The largest absolute Gasteiger partial charge is 0.444 e. The first-order chi connectivity index (χ1) is 19.1. The zero-order chi connectivity index (χ0) is 29.8. The molecule has 41 heavy (non-hydrogen) atoms. The molecule has 4 aliphatic rings. The lowest BCUT2D eigenvalue weighted by Gasteiger charge is -2.56. The van der Waals surface area contributed by atoms with Crippen molar-refractivity contribution < 1.29 is 19.4 Å². The van der Waals surface area contributed by atoms with Crippen LogP contribution in [0.25, 0.3) is 10.9 Å². The maximum Gasteiger partial charge on any atom is 0.411 e. The van der Waals surface area contributed by atoms with Crippen LogP contribution in [0.2, 0.25) is 0 Å². The van der Waals surface area contributed by atoms with Crippen molar-refractivity contribution in [3.05, 3.63) is 42.9 Å². The van der Waals surface area contributed by atoms with E-state index in [2.05, 4.69) is 12.2 Å². The molecule has 7 nitrogen and oxygen atoms in total. The summed E-state index contributed by atoms with van der Waals surface area (Å²) >= 11 is 0. The second-order valence-corrected chi connectivity index (χ2v) is 15.2. The van der Waals surface area contributed by atoms with Gasteiger partial charge in [0.15, 0.2) is 0 Å². The van der Waals surface area contributed by atoms with Crippen molar-refractivity contribution in [3.8, 4) is 0 Å². The Morgan fingerprint density at radius 3 is 2.20 bits per heavy atom. The lowest BCUT2D eigenvalue weighted by atomic mass is 9.49. The number of aromatic nitrogens is 1. The van der Waals surface area contributed by atoms with E-state index >= 15 is 0 Å². The maximum absolute atomic E-state index is 13.6. The molecule has 4 aliphatic carbocycles. The average Bonchev–Trinajstić information content (AvgIpc) is 2.84. The Hall–Kier alpha value is -2.67. The Morgan fingerprint density at radius 2 is 1.66 bits per heavy atom. The summed E-state index contributed by atoms with van der Waals surface area (Å²) in [6, 6.07) is 7.65. The molecular weight excluding hydrogens is 514 g/mol. The summed E-state index contributed by atoms with van der Waals surface area (Å²) in [7, 11) is 0. The van der Waals surface area contributed by atoms with E-state index in [-0.39, 0.29) is 24.5 Å². The predicted molar refractivity (Wildman–Crippen MR) is 162 cm³/mol. The zero-order valence-electron chi connectivity index (χ0n) is 25.8. The highest BCUT2D eigenvalue weighted by Crippen LogP contribution is 2.61. The fraction of sp³-hybridized carbons (Fsp3) is 0.647. The minimum Gasteiger partial charge on any atom is -0.444 e. The lowest BCUT2D eigenvalue weighted by molar-refractivity contribution is -0.124. The molecule has 2 amide bonds. The number of fused-ring (bicyclic) bond motifs is 1. The SMILES string of the molecule is [CH2]C(c1ccc(NC(=O)CC23CC4CC(CC(C4)C2)C3)c2cccnc12)(N(CCO)C(=O)OC(C)(C)C)C(C)(C)C. The number of carbonyl (C=O) groups excluding carboxylic acids is 2. The molecule has 0 spiro atoms. The minimum atomic E-state index is -1.13. The second-order valence-electron chi connectivity index (χ2n) is 15.2. The molecule has 2 aromatic rings. The fourth-order valence-corrected chi connectivity index (χ4v) is 8.47. The van der Waals surface area contributed by atoms with Crippen LogP contribution in [-0.2, 0) is 15.1 Å². The van der Waals surface area contributed by atoms with Crippen LogP contribution in [0.1, 0.15) is 92.1 Å². The van der Waals surface area contributed by atoms with Crippen LogP contribution in [-0.4, -0.2) is 45.7 Å². The van der Waals surface area contributed by atoms with Crippen molar-refractivity contribution in [3.63, 3.8) is 0 Å². The lowest BCUT2D eigenvalue weighted by Crippen LogP contribution is -2.57. The van der Waals surface area contributed by atoms with E-state index < -0.39 is 22.6 Å². The summed E-state index contributed by atoms with van der Waals surface area (Å²) in [6.45, 7) is 16.0. The van der Waals surface area contributed by atoms with Gasteiger partial charge in [0, 0.05) is 30.1 Å². The highest BCUT2D eigenvalue weighted by Gasteiger charge is 2.52. The standard InChI is InChI=1S/C34H48N3O4/c1-31(2,3)33(7,37(13-14-38)30(40)41-32(4,5)6)26-10-11-27(25-9-8-12-35-29(25)26)36-28(39)21-34-18-22-15-23(19-34)17-24(16-22)20-34/h8-12,22-24,38H,7,13-21H2,1-6H3,(H,36,39). The molecule has 223 valence electrons. The number of aliphatic hydroxyl groups excluding tert-OH is 1. The van der Waals surface area contributed by atoms with E-state index in [1.165, 1.54) is 43.4 Å². The Morgan fingerprint density at radius 1 is 1.05 bits per heavy atom. The van der Waals surface area contributed by atoms with E-state index in [9.17, 15) is 14.7 Å². The Kier molecular flexibility index (Phi) is 7.67. The van der Waals surface area contributed by atoms with E-state index in [1.54, 1.807) is 6.20 Å². The molecule has 4 bridgehead atoms. The van der Waals surface area contributed by atoms with Gasteiger partial charge in [-0.25, -0.2) is 4.79 Å². The molecule has 1 heterocycles. The monoisotopic (exact) mass is 562 g/mol. The van der Waals surface area contributed by atoms with Gasteiger partial charge in [0.2, 0.25) is 5.91 Å². The van der Waals surface area contributed by atoms with Gasteiger partial charge in [0.25, 0.3) is 0 Å². The van der Waals surface area contributed by atoms with Crippen molar-refractivity contribution in [2.45, 2.75) is 97.6 Å². The number of aliphatic hydroxyl groups is 1. The molecule has 6 rings (SSSR count). The van der Waals surface area contributed by atoms with Gasteiger partial charge in [-0.15, -0.1) is 0 Å². The third kappa shape index (κ3) is 5.71. The minimum absolute atomic E-state index is 0.0492. The number of nitrogens with zero attached hydrogens (tertiary/aromatic N) is 2. The Labute approximate surface area is 245 Å². The number of benzene rings is 1. The number of carbonyl (C=O) groups is 2. The van der Waals surface area contributed by atoms with Gasteiger partial charge in [-0.2, -0.15) is 0 Å². The van der Waals surface area contributed by atoms with Crippen LogP contribution in [0.4, 0.5) is 10.5 Å². The molecule has 4 saturated carbocycles. The van der Waals surface area contributed by atoms with Crippen molar-refractivity contribution in [1.82, 2.24) is 9.88 Å². The van der Waals surface area contributed by atoms with Crippen LogP contribution in [0.15, 0.2) is 30.5 Å². The number of nitrogens with one attached hydrogen (secondary N) is 1. The van der Waals surface area contributed by atoms with Crippen molar-refractivity contribution in [1.29, 1.82) is 0 Å². The molecule has 4 fully saturated rings. The quantitative estimate of drug-likeness (QED) is 0.376. The van der Waals surface area contributed by atoms with Gasteiger partial charge in [0.05, 0.1) is 23.3 Å². The third-order valence-corrected chi connectivity index (χ3v) is 9.83. The molecule has 1 atom stereocenters. The van der Waals surface area contributed by atoms with E-state index in [4.69, 9.17) is 9.72 Å². The second kappa shape index (κ2) is 10.6. The van der Waals surface area contributed by atoms with Gasteiger partial charge in [-0.05, 0) is 113 Å². The number of hydrogen-bond donors (Lipinski definition) is 2. The molecule has 1 radical (unpaired) electrons. The Bertz CT molecular complexity index is 1270. The van der Waals surface area contributed by atoms with Gasteiger partial charge in [0.1, 0.15) is 5.60 Å². The molecule has 0 aliphatic heterocycles. The molecule has 1 aromatic carbocycles. The number of anilines is 1. The first kappa shape index (κ1) is 29.8. The fourth-order valence-electron chi connectivity index (χ4n) is 8.47. The summed E-state index contributed by atoms with van der Waals surface area (Å²) in [5.41, 5.74) is -0.141. The number of ether oxygens (including phenoxy) is 1. The van der Waals surface area contributed by atoms with Crippen LogP contribution >= 0.6 is 0 Å². The van der Waals surface area contributed by atoms with Crippen molar-refractivity contribution in [2.24, 2.45) is 28.6 Å². The first-order valence-corrected chi connectivity index (χ1v) is 15.3. The van der Waals surface area contributed by atoms with E-state index in [1.807, 2.05) is 65.8 Å². The van der Waals surface area contributed by atoms with Gasteiger partial charge in [-0.3, -0.25) is 14.7 Å². The normalized spacial score (nSPS) is 27.0. The predicted octanol–water partition coefficient (Wildman–Crippen LogP) is 7.08. The topological polar surface area (TPSA) is 91.8 Å². The highest BCUT2D eigenvalue weighted by molar-refractivity contribution is 6.02. The Balaban J connectivity index is 1.49. The number of hydrogen-bond acceptors (Lipinski definition) is 5. The number of amides is 2. The smallest absolute Gasteiger partial charge is 0.411 e. The maximum atomic E-state index is 13.6. The van der Waals surface area contributed by atoms with Crippen LogP contribution in [0.5, 0.6) is 0 Å². The summed E-state index contributed by atoms with van der Waals surface area (Å²) in [5.74, 6) is 2.46. The zero-order valence-corrected chi connectivity index (χ0v) is 25.8. The van der Waals surface area contributed by atoms with Crippen molar-refractivity contribution >= 4 is 28.6 Å². The molecule has 7 heteroatoms. The van der Waals surface area contributed by atoms with Crippen LogP contribution in [0, 0.1) is 35.5 Å². The summed E-state index contributed by atoms with van der Waals surface area (Å²) < 4.78 is 5.78. The van der Waals surface area contributed by atoms with E-state index in [0.717, 1.165) is 28.7 Å². The first-order valence-electron chi connectivity index (χ1n) is 15.3. The number of rotatable bonds is 7. The third-order valence-electron chi connectivity index (χ3n) is 9.83. The van der Waals surface area contributed by atoms with Gasteiger partial charge in [-0.1, -0.05) is 26.8 Å². The van der Waals surface area contributed by atoms with Crippen molar-refractivity contribution in [2.75, 3.05) is 18.5 Å². The van der Waals surface area contributed by atoms with Crippen LogP contribution in [0.3, 0.4) is 0 Å². The molecule has 2 N–H and O–H groups in total.